The van der Waals surface area contributed by atoms with Crippen LogP contribution < -0.4 is 5.32 Å². The van der Waals surface area contributed by atoms with Gasteiger partial charge in [0.05, 0.1) is 11.0 Å². The molecular formula is C17H16N4O3. The number of nitro benzene ring substituents is 1. The lowest BCUT2D eigenvalue weighted by Crippen LogP contribution is -2.08. The SMILES string of the molecule is Cc1cc(NC(C)c2noc(-c3ccccc3)n2)ccc1[N+](=O)[O-]. The first-order valence-corrected chi connectivity index (χ1v) is 7.45. The lowest BCUT2D eigenvalue weighted by Gasteiger charge is -2.12. The van der Waals surface area contributed by atoms with Gasteiger partial charge in [-0.05, 0) is 38.1 Å². The minimum Gasteiger partial charge on any atom is -0.375 e. The molecule has 1 heterocycles. The number of nitrogens with one attached hydrogen (secondary N) is 1. The maximum atomic E-state index is 10.9. The molecule has 24 heavy (non-hydrogen) atoms. The van der Waals surface area contributed by atoms with E-state index in [0.29, 0.717) is 17.3 Å². The van der Waals surface area contributed by atoms with Crippen LogP contribution in [0.1, 0.15) is 24.4 Å². The van der Waals surface area contributed by atoms with Gasteiger partial charge in [0.1, 0.15) is 0 Å². The number of aromatic nitrogens is 2. The van der Waals surface area contributed by atoms with Gasteiger partial charge < -0.3 is 9.84 Å². The van der Waals surface area contributed by atoms with Gasteiger partial charge in [-0.1, -0.05) is 23.4 Å². The third kappa shape index (κ3) is 3.24. The smallest absolute Gasteiger partial charge is 0.272 e. The van der Waals surface area contributed by atoms with E-state index in [9.17, 15) is 10.1 Å². The highest BCUT2D eigenvalue weighted by molar-refractivity contribution is 5.55. The fourth-order valence-electron chi connectivity index (χ4n) is 2.37. The fraction of sp³-hybridized carbons (Fsp3) is 0.176. The van der Waals surface area contributed by atoms with Crippen molar-refractivity contribution < 1.29 is 9.45 Å². The van der Waals surface area contributed by atoms with Gasteiger partial charge in [0.25, 0.3) is 11.6 Å². The van der Waals surface area contributed by atoms with Crippen molar-refractivity contribution in [1.82, 2.24) is 10.1 Å². The second-order valence-electron chi connectivity index (χ2n) is 5.45. The predicted molar refractivity (Wildman–Crippen MR) is 89.6 cm³/mol. The summed E-state index contributed by atoms with van der Waals surface area (Å²) in [7, 11) is 0. The van der Waals surface area contributed by atoms with Crippen molar-refractivity contribution in [3.63, 3.8) is 0 Å². The summed E-state index contributed by atoms with van der Waals surface area (Å²) in [5, 5.41) is 18.1. The first-order chi connectivity index (χ1) is 11.5. The molecule has 0 aliphatic rings. The normalized spacial score (nSPS) is 11.9. The molecule has 0 radical (unpaired) electrons. The quantitative estimate of drug-likeness (QED) is 0.560. The Morgan fingerprint density at radius 3 is 2.62 bits per heavy atom. The predicted octanol–water partition coefficient (Wildman–Crippen LogP) is 4.13. The molecule has 0 aliphatic carbocycles. The summed E-state index contributed by atoms with van der Waals surface area (Å²) in [5.74, 6) is 0.976. The highest BCUT2D eigenvalue weighted by atomic mass is 16.6. The zero-order chi connectivity index (χ0) is 17.1. The lowest BCUT2D eigenvalue weighted by atomic mass is 10.1. The van der Waals surface area contributed by atoms with Crippen molar-refractivity contribution in [2.24, 2.45) is 0 Å². The van der Waals surface area contributed by atoms with E-state index in [4.69, 9.17) is 4.52 Å². The maximum absolute atomic E-state index is 10.9. The van der Waals surface area contributed by atoms with Gasteiger partial charge in [0.2, 0.25) is 0 Å². The average Bonchev–Trinajstić information content (AvgIpc) is 3.05. The number of hydrogen-bond acceptors (Lipinski definition) is 6. The molecule has 3 rings (SSSR count). The number of rotatable bonds is 5. The van der Waals surface area contributed by atoms with Crippen LogP contribution in [0.4, 0.5) is 11.4 Å². The monoisotopic (exact) mass is 324 g/mol. The molecule has 7 nitrogen and oxygen atoms in total. The summed E-state index contributed by atoms with van der Waals surface area (Å²) in [4.78, 5) is 14.9. The topological polar surface area (TPSA) is 94.1 Å². The van der Waals surface area contributed by atoms with Crippen LogP contribution in [0.5, 0.6) is 0 Å². The number of aryl methyl sites for hydroxylation is 1. The maximum Gasteiger partial charge on any atom is 0.272 e. The van der Waals surface area contributed by atoms with Crippen LogP contribution in [0.3, 0.4) is 0 Å². The highest BCUT2D eigenvalue weighted by Gasteiger charge is 2.16. The fourth-order valence-corrected chi connectivity index (χ4v) is 2.37. The van der Waals surface area contributed by atoms with Crippen LogP contribution in [0.15, 0.2) is 53.1 Å². The first-order valence-electron chi connectivity index (χ1n) is 7.45. The van der Waals surface area contributed by atoms with E-state index in [2.05, 4.69) is 15.5 Å². The van der Waals surface area contributed by atoms with Gasteiger partial charge in [-0.2, -0.15) is 4.98 Å². The van der Waals surface area contributed by atoms with Crippen LogP contribution in [0, 0.1) is 17.0 Å². The first kappa shape index (κ1) is 15.7. The standard InChI is InChI=1S/C17H16N4O3/c1-11-10-14(8-9-15(11)21(22)23)18-12(2)16-19-17(24-20-16)13-6-4-3-5-7-13/h3-10,12,18H,1-2H3. The Bertz CT molecular complexity index is 861. The largest absolute Gasteiger partial charge is 0.375 e. The number of anilines is 1. The summed E-state index contributed by atoms with van der Waals surface area (Å²) in [6, 6.07) is 14.2. The number of nitro groups is 1. The average molecular weight is 324 g/mol. The molecule has 0 saturated carbocycles. The van der Waals surface area contributed by atoms with Crippen molar-refractivity contribution in [3.8, 4) is 11.5 Å². The second-order valence-corrected chi connectivity index (χ2v) is 5.45. The van der Waals surface area contributed by atoms with Gasteiger partial charge in [0.15, 0.2) is 5.82 Å². The van der Waals surface area contributed by atoms with Crippen molar-refractivity contribution in [2.45, 2.75) is 19.9 Å². The van der Waals surface area contributed by atoms with Crippen molar-refractivity contribution in [2.75, 3.05) is 5.32 Å². The molecule has 7 heteroatoms. The van der Waals surface area contributed by atoms with E-state index in [-0.39, 0.29) is 11.7 Å². The molecule has 122 valence electrons. The second kappa shape index (κ2) is 6.49. The molecule has 3 aromatic rings. The van der Waals surface area contributed by atoms with Gasteiger partial charge in [0, 0.05) is 22.9 Å². The zero-order valence-electron chi connectivity index (χ0n) is 13.3. The summed E-state index contributed by atoms with van der Waals surface area (Å²) in [6.45, 7) is 3.60. The van der Waals surface area contributed by atoms with E-state index in [1.807, 2.05) is 37.3 Å². The zero-order valence-corrected chi connectivity index (χ0v) is 13.3. The minimum atomic E-state index is -0.395. The molecule has 1 atom stereocenters. The Morgan fingerprint density at radius 2 is 1.96 bits per heavy atom. The third-order valence-electron chi connectivity index (χ3n) is 3.63. The van der Waals surface area contributed by atoms with Gasteiger partial charge in [-0.15, -0.1) is 0 Å². The number of hydrogen-bond donors (Lipinski definition) is 1. The Kier molecular flexibility index (Phi) is 4.24. The Balaban J connectivity index is 1.76. The van der Waals surface area contributed by atoms with Gasteiger partial charge >= 0.3 is 0 Å². The molecule has 0 aliphatic heterocycles. The van der Waals surface area contributed by atoms with E-state index < -0.39 is 4.92 Å². The van der Waals surface area contributed by atoms with Crippen molar-refractivity contribution >= 4 is 11.4 Å². The van der Waals surface area contributed by atoms with Gasteiger partial charge in [-0.25, -0.2) is 0 Å². The van der Waals surface area contributed by atoms with Crippen LogP contribution in [0.25, 0.3) is 11.5 Å². The van der Waals surface area contributed by atoms with Crippen LogP contribution in [0.2, 0.25) is 0 Å². The number of nitrogens with zero attached hydrogens (tertiary/aromatic N) is 3. The molecule has 2 aromatic carbocycles. The molecule has 0 fully saturated rings. The summed E-state index contributed by atoms with van der Waals surface area (Å²) in [5.41, 5.74) is 2.31. The molecule has 1 unspecified atom stereocenters. The molecule has 0 bridgehead atoms. The summed E-state index contributed by atoms with van der Waals surface area (Å²) in [6.07, 6.45) is 0. The van der Waals surface area contributed by atoms with Crippen LogP contribution in [-0.4, -0.2) is 15.1 Å². The van der Waals surface area contributed by atoms with Crippen molar-refractivity contribution in [3.05, 3.63) is 70.0 Å². The number of benzene rings is 2. The molecule has 1 N–H and O–H groups in total. The van der Waals surface area contributed by atoms with E-state index in [1.165, 1.54) is 6.07 Å². The third-order valence-corrected chi connectivity index (χ3v) is 3.63. The van der Waals surface area contributed by atoms with E-state index >= 15 is 0 Å². The van der Waals surface area contributed by atoms with E-state index in [0.717, 1.165) is 11.3 Å². The highest BCUT2D eigenvalue weighted by Crippen LogP contribution is 2.25. The Morgan fingerprint density at radius 1 is 1.21 bits per heavy atom. The van der Waals surface area contributed by atoms with Crippen LogP contribution >= 0.6 is 0 Å². The Labute approximate surface area is 138 Å². The molecule has 0 saturated heterocycles. The molecule has 0 amide bonds. The molecular weight excluding hydrogens is 308 g/mol. The van der Waals surface area contributed by atoms with Crippen LogP contribution in [-0.2, 0) is 0 Å². The Hall–Kier alpha value is -3.22. The van der Waals surface area contributed by atoms with Crippen molar-refractivity contribution in [1.29, 1.82) is 0 Å². The summed E-state index contributed by atoms with van der Waals surface area (Å²) < 4.78 is 5.29. The minimum absolute atomic E-state index is 0.0964. The van der Waals surface area contributed by atoms with Gasteiger partial charge in [-0.3, -0.25) is 10.1 Å². The lowest BCUT2D eigenvalue weighted by molar-refractivity contribution is -0.385. The molecule has 1 aromatic heterocycles. The summed E-state index contributed by atoms with van der Waals surface area (Å²) >= 11 is 0. The molecule has 0 spiro atoms. The van der Waals surface area contributed by atoms with E-state index in [1.54, 1.807) is 19.1 Å².